The lowest BCUT2D eigenvalue weighted by Crippen LogP contribution is -2.55. The molecule has 3 heterocycles. The van der Waals surface area contributed by atoms with Crippen molar-refractivity contribution in [3.05, 3.63) is 54.6 Å². The van der Waals surface area contributed by atoms with Gasteiger partial charge in [0.15, 0.2) is 0 Å². The van der Waals surface area contributed by atoms with Crippen LogP contribution < -0.4 is 4.72 Å². The first-order chi connectivity index (χ1) is 17.9. The van der Waals surface area contributed by atoms with Gasteiger partial charge in [0.25, 0.3) is 0 Å². The van der Waals surface area contributed by atoms with E-state index in [0.717, 1.165) is 50.1 Å². The van der Waals surface area contributed by atoms with E-state index < -0.39 is 16.1 Å². The third-order valence-electron chi connectivity index (χ3n) is 7.77. The van der Waals surface area contributed by atoms with Gasteiger partial charge >= 0.3 is 0 Å². The first kappa shape index (κ1) is 25.9. The van der Waals surface area contributed by atoms with Crippen molar-refractivity contribution in [3.8, 4) is 11.1 Å². The molecule has 2 aromatic carbocycles. The Balaban J connectivity index is 1.22. The zero-order chi connectivity index (χ0) is 25.8. The molecule has 2 aromatic rings. The molecule has 3 saturated heterocycles. The molecule has 2 atom stereocenters. The summed E-state index contributed by atoms with van der Waals surface area (Å²) in [6, 6.07) is 15.6. The van der Waals surface area contributed by atoms with E-state index in [2.05, 4.69) is 9.62 Å². The summed E-state index contributed by atoms with van der Waals surface area (Å²) in [7, 11) is -3.91. The van der Waals surface area contributed by atoms with Gasteiger partial charge in [-0.15, -0.1) is 0 Å². The number of carbonyl (C=O) groups is 2. The molecule has 3 fully saturated rings. The van der Waals surface area contributed by atoms with Crippen molar-refractivity contribution in [3.63, 3.8) is 0 Å². The predicted octanol–water partition coefficient (Wildman–Crippen LogP) is 2.71. The maximum Gasteiger partial charge on any atom is 0.242 e. The van der Waals surface area contributed by atoms with E-state index >= 15 is 0 Å². The molecule has 0 saturated carbocycles. The van der Waals surface area contributed by atoms with E-state index in [-0.39, 0.29) is 29.3 Å². The molecule has 1 N–H and O–H groups in total. The van der Waals surface area contributed by atoms with Gasteiger partial charge in [0.05, 0.1) is 11.4 Å². The second-order valence-corrected chi connectivity index (χ2v) is 12.1. The number of piperidine rings is 1. The zero-order valence-corrected chi connectivity index (χ0v) is 22.0. The number of hydrogen-bond acceptors (Lipinski definition) is 5. The summed E-state index contributed by atoms with van der Waals surface area (Å²) in [5.74, 6) is -0.355. The monoisotopic (exact) mass is 524 g/mol. The Kier molecular flexibility index (Phi) is 7.92. The lowest BCUT2D eigenvalue weighted by molar-refractivity contribution is -0.143. The van der Waals surface area contributed by atoms with Gasteiger partial charge in [0.2, 0.25) is 21.8 Å². The number of likely N-dealkylation sites (tertiary alicyclic amines) is 3. The van der Waals surface area contributed by atoms with Gasteiger partial charge < -0.3 is 14.7 Å². The standard InChI is InChI=1S/C28H36N4O4S/c33-27(32-18-7-12-24(32)20-30-15-4-5-16-30)21-31-17-8-14-26(28(31)34)29-37(35,36)25-13-6-11-23(19-25)22-9-2-1-3-10-22/h1-3,6,9-11,13,19,24,26,29H,4-5,7-8,12,14-18,20-21H2. The first-order valence-electron chi connectivity index (χ1n) is 13.4. The van der Waals surface area contributed by atoms with E-state index in [1.165, 1.54) is 23.8 Å². The highest BCUT2D eigenvalue weighted by Crippen LogP contribution is 2.24. The van der Waals surface area contributed by atoms with Crippen LogP contribution in [0.15, 0.2) is 59.5 Å². The number of hydrogen-bond donors (Lipinski definition) is 1. The van der Waals surface area contributed by atoms with E-state index in [1.807, 2.05) is 41.3 Å². The van der Waals surface area contributed by atoms with Gasteiger partial charge in [-0.1, -0.05) is 42.5 Å². The van der Waals surface area contributed by atoms with Gasteiger partial charge in [0, 0.05) is 25.7 Å². The number of amides is 2. The Labute approximate surface area is 219 Å². The van der Waals surface area contributed by atoms with E-state index in [4.69, 9.17) is 0 Å². The summed E-state index contributed by atoms with van der Waals surface area (Å²) in [4.78, 5) is 32.5. The molecule has 3 aliphatic rings. The molecule has 37 heavy (non-hydrogen) atoms. The van der Waals surface area contributed by atoms with Crippen molar-refractivity contribution in [1.29, 1.82) is 0 Å². The fourth-order valence-corrected chi connectivity index (χ4v) is 7.08. The number of rotatable bonds is 8. The molecule has 2 amide bonds. The van der Waals surface area contributed by atoms with E-state index in [0.29, 0.717) is 19.4 Å². The van der Waals surface area contributed by atoms with Crippen LogP contribution in [0, 0.1) is 0 Å². The van der Waals surface area contributed by atoms with Gasteiger partial charge in [0.1, 0.15) is 6.04 Å². The minimum absolute atomic E-state index is 0.0110. The average Bonchev–Trinajstić information content (AvgIpc) is 3.60. The third kappa shape index (κ3) is 6.05. The van der Waals surface area contributed by atoms with Gasteiger partial charge in [-0.25, -0.2) is 8.42 Å². The van der Waals surface area contributed by atoms with Crippen LogP contribution in [0.3, 0.4) is 0 Å². The fraction of sp³-hybridized carbons (Fsp3) is 0.500. The zero-order valence-electron chi connectivity index (χ0n) is 21.2. The quantitative estimate of drug-likeness (QED) is 0.574. The van der Waals surface area contributed by atoms with Crippen molar-refractivity contribution in [2.45, 2.75) is 55.5 Å². The number of benzene rings is 2. The van der Waals surface area contributed by atoms with E-state index in [1.54, 1.807) is 12.1 Å². The molecule has 0 aromatic heterocycles. The van der Waals surface area contributed by atoms with Crippen molar-refractivity contribution >= 4 is 21.8 Å². The molecule has 198 valence electrons. The molecule has 0 bridgehead atoms. The lowest BCUT2D eigenvalue weighted by atomic mass is 10.1. The Morgan fingerprint density at radius 2 is 1.59 bits per heavy atom. The fourth-order valence-electron chi connectivity index (χ4n) is 5.81. The maximum atomic E-state index is 13.3. The maximum absolute atomic E-state index is 13.3. The molecule has 3 aliphatic heterocycles. The van der Waals surface area contributed by atoms with Crippen LogP contribution in [0.1, 0.15) is 38.5 Å². The molecule has 9 heteroatoms. The van der Waals surface area contributed by atoms with Gasteiger partial charge in [-0.3, -0.25) is 9.59 Å². The normalized spacial score (nSPS) is 23.1. The summed E-state index contributed by atoms with van der Waals surface area (Å²) >= 11 is 0. The lowest BCUT2D eigenvalue weighted by Gasteiger charge is -2.34. The minimum atomic E-state index is -3.91. The minimum Gasteiger partial charge on any atom is -0.337 e. The summed E-state index contributed by atoms with van der Waals surface area (Å²) < 4.78 is 29.0. The molecular weight excluding hydrogens is 488 g/mol. The highest BCUT2D eigenvalue weighted by atomic mass is 32.2. The Hall–Kier alpha value is -2.75. The van der Waals surface area contributed by atoms with Crippen LogP contribution in [0.4, 0.5) is 0 Å². The van der Waals surface area contributed by atoms with E-state index in [9.17, 15) is 18.0 Å². The molecule has 2 unspecified atom stereocenters. The highest BCUT2D eigenvalue weighted by molar-refractivity contribution is 7.89. The van der Waals surface area contributed by atoms with Crippen LogP contribution in [0.25, 0.3) is 11.1 Å². The molecule has 0 spiro atoms. The summed E-state index contributed by atoms with van der Waals surface area (Å²) in [5, 5.41) is 0. The number of nitrogens with one attached hydrogen (secondary N) is 1. The van der Waals surface area contributed by atoms with Crippen molar-refractivity contribution in [2.24, 2.45) is 0 Å². The van der Waals surface area contributed by atoms with Crippen molar-refractivity contribution < 1.29 is 18.0 Å². The third-order valence-corrected chi connectivity index (χ3v) is 9.24. The molecule has 0 radical (unpaired) electrons. The second-order valence-electron chi connectivity index (χ2n) is 10.4. The Morgan fingerprint density at radius 3 is 2.38 bits per heavy atom. The molecular formula is C28H36N4O4S. The van der Waals surface area contributed by atoms with Crippen LogP contribution >= 0.6 is 0 Å². The van der Waals surface area contributed by atoms with Crippen LogP contribution in [0.2, 0.25) is 0 Å². The predicted molar refractivity (Wildman–Crippen MR) is 142 cm³/mol. The first-order valence-corrected chi connectivity index (χ1v) is 14.9. The van der Waals surface area contributed by atoms with Crippen LogP contribution in [-0.2, 0) is 19.6 Å². The topological polar surface area (TPSA) is 90.0 Å². The van der Waals surface area contributed by atoms with Gasteiger partial charge in [-0.2, -0.15) is 4.72 Å². The van der Waals surface area contributed by atoms with Crippen molar-refractivity contribution in [2.75, 3.05) is 39.3 Å². The number of nitrogens with zero attached hydrogens (tertiary/aromatic N) is 3. The average molecular weight is 525 g/mol. The number of sulfonamides is 1. The largest absolute Gasteiger partial charge is 0.337 e. The molecule has 8 nitrogen and oxygen atoms in total. The van der Waals surface area contributed by atoms with Crippen molar-refractivity contribution in [1.82, 2.24) is 19.4 Å². The Morgan fingerprint density at radius 1 is 0.865 bits per heavy atom. The Bertz CT molecular complexity index is 1210. The van der Waals surface area contributed by atoms with Crippen LogP contribution in [-0.4, -0.2) is 86.3 Å². The summed E-state index contributed by atoms with van der Waals surface area (Å²) in [5.41, 5.74) is 1.71. The van der Waals surface area contributed by atoms with Crippen LogP contribution in [0.5, 0.6) is 0 Å². The second kappa shape index (κ2) is 11.3. The number of carbonyl (C=O) groups excluding carboxylic acids is 2. The molecule has 5 rings (SSSR count). The smallest absolute Gasteiger partial charge is 0.242 e. The summed E-state index contributed by atoms with van der Waals surface area (Å²) in [6.45, 7) is 4.31. The molecule has 0 aliphatic carbocycles. The summed E-state index contributed by atoms with van der Waals surface area (Å²) in [6.07, 6.45) is 5.49. The highest BCUT2D eigenvalue weighted by Gasteiger charge is 2.36. The van der Waals surface area contributed by atoms with Gasteiger partial charge in [-0.05, 0) is 74.9 Å². The SMILES string of the molecule is O=C1C(NS(=O)(=O)c2cccc(-c3ccccc3)c2)CCCN1CC(=O)N1CCCC1CN1CCCC1.